The van der Waals surface area contributed by atoms with Gasteiger partial charge in [-0.2, -0.15) is 4.68 Å². The maximum Gasteiger partial charge on any atom is 0.240 e. The number of aliphatic hydroxyl groups is 1. The van der Waals surface area contributed by atoms with Crippen molar-refractivity contribution in [3.05, 3.63) is 131 Å². The van der Waals surface area contributed by atoms with E-state index in [-0.39, 0.29) is 36.2 Å². The number of hydrogen-bond acceptors (Lipinski definition) is 9. The van der Waals surface area contributed by atoms with Crippen LogP contribution < -0.4 is 4.72 Å². The number of hydrogen-bond donors (Lipinski definition) is 2. The van der Waals surface area contributed by atoms with Gasteiger partial charge >= 0.3 is 0 Å². The summed E-state index contributed by atoms with van der Waals surface area (Å²) >= 11 is 1.52. The second kappa shape index (κ2) is 14.0. The molecule has 0 spiro atoms. The monoisotopic (exact) mass is 643 g/mol. The lowest BCUT2D eigenvalue weighted by Crippen LogP contribution is -2.38. The number of aliphatic hydroxyl groups excluding tert-OH is 1. The number of ether oxygens (including phenoxy) is 2. The van der Waals surface area contributed by atoms with Gasteiger partial charge in [-0.15, -0.1) is 5.10 Å². The first-order chi connectivity index (χ1) is 21.9. The van der Waals surface area contributed by atoms with E-state index in [1.54, 1.807) is 35.0 Å². The van der Waals surface area contributed by atoms with Crippen LogP contribution in [0.2, 0.25) is 0 Å². The van der Waals surface area contributed by atoms with Crippen molar-refractivity contribution in [1.29, 1.82) is 0 Å². The van der Waals surface area contributed by atoms with Crippen LogP contribution in [0, 0.1) is 5.92 Å². The molecule has 1 saturated heterocycles. The number of rotatable bonds is 11. The van der Waals surface area contributed by atoms with Crippen molar-refractivity contribution in [2.45, 2.75) is 48.6 Å². The second-order valence-corrected chi connectivity index (χ2v) is 13.5. The zero-order valence-corrected chi connectivity index (χ0v) is 26.1. The molecular weight excluding hydrogens is 611 g/mol. The summed E-state index contributed by atoms with van der Waals surface area (Å²) in [6.07, 6.45) is -1.14. The molecule has 10 nitrogen and oxygen atoms in total. The van der Waals surface area contributed by atoms with Gasteiger partial charge in [0.1, 0.15) is 0 Å². The highest BCUT2D eigenvalue weighted by atomic mass is 32.2. The Hall–Kier alpha value is -3.91. The van der Waals surface area contributed by atoms with Gasteiger partial charge in [-0.05, 0) is 51.4 Å². The van der Waals surface area contributed by atoms with Crippen LogP contribution in [-0.2, 0) is 32.6 Å². The summed E-state index contributed by atoms with van der Waals surface area (Å²) in [4.78, 5) is 0.222. The Morgan fingerprint density at radius 2 is 1.49 bits per heavy atom. The third-order valence-electron chi connectivity index (χ3n) is 7.71. The van der Waals surface area contributed by atoms with Gasteiger partial charge in [0.05, 0.1) is 29.4 Å². The minimum atomic E-state index is -3.62. The van der Waals surface area contributed by atoms with Crippen LogP contribution in [-0.4, -0.2) is 45.6 Å². The van der Waals surface area contributed by atoms with Crippen LogP contribution in [0.25, 0.3) is 5.69 Å². The summed E-state index contributed by atoms with van der Waals surface area (Å²) in [5, 5.41) is 22.5. The Balaban J connectivity index is 1.19. The molecule has 1 aliphatic rings. The first-order valence-electron chi connectivity index (χ1n) is 14.5. The standard InChI is InChI=1S/C33H33N5O5S2/c1-23-30(22-44-33-35-36-37-38(33)28-8-4-2-5-9-28)42-32(43-31(23)26-16-14-25(21-39)15-17-26)27-18-12-24(13-19-27)20-34-45(40,41)29-10-6-3-7-11-29/h2-19,23,30-32,34,39H,20-22H2,1H3. The van der Waals surface area contributed by atoms with E-state index < -0.39 is 16.3 Å². The molecule has 0 aliphatic carbocycles. The largest absolute Gasteiger partial charge is 0.392 e. The summed E-state index contributed by atoms with van der Waals surface area (Å²) in [5.41, 5.74) is 4.31. The number of nitrogens with one attached hydrogen (secondary N) is 1. The number of nitrogens with zero attached hydrogens (tertiary/aromatic N) is 4. The van der Waals surface area contributed by atoms with Gasteiger partial charge in [-0.3, -0.25) is 0 Å². The van der Waals surface area contributed by atoms with E-state index in [0.29, 0.717) is 10.9 Å². The quantitative estimate of drug-likeness (QED) is 0.186. The van der Waals surface area contributed by atoms with Crippen molar-refractivity contribution in [1.82, 2.24) is 24.9 Å². The van der Waals surface area contributed by atoms with Gasteiger partial charge in [-0.25, -0.2) is 13.1 Å². The lowest BCUT2D eigenvalue weighted by Gasteiger charge is -2.41. The van der Waals surface area contributed by atoms with Gasteiger partial charge in [-0.1, -0.05) is 104 Å². The van der Waals surface area contributed by atoms with E-state index in [2.05, 4.69) is 27.2 Å². The van der Waals surface area contributed by atoms with E-state index in [1.165, 1.54) is 11.8 Å². The highest BCUT2D eigenvalue weighted by molar-refractivity contribution is 7.99. The van der Waals surface area contributed by atoms with E-state index in [1.807, 2.05) is 78.9 Å². The molecule has 232 valence electrons. The Labute approximate surface area is 266 Å². The van der Waals surface area contributed by atoms with Crippen LogP contribution in [0.15, 0.2) is 119 Å². The van der Waals surface area contributed by atoms with E-state index in [0.717, 1.165) is 27.9 Å². The summed E-state index contributed by atoms with van der Waals surface area (Å²) in [6, 6.07) is 33.3. The van der Waals surface area contributed by atoms with Crippen LogP contribution in [0.5, 0.6) is 0 Å². The molecule has 4 atom stereocenters. The van der Waals surface area contributed by atoms with Crippen molar-refractivity contribution in [2.75, 3.05) is 5.75 Å². The maximum absolute atomic E-state index is 12.7. The van der Waals surface area contributed by atoms with Crippen molar-refractivity contribution in [3.63, 3.8) is 0 Å². The zero-order chi connectivity index (χ0) is 31.2. The molecule has 12 heteroatoms. The van der Waals surface area contributed by atoms with Gasteiger partial charge < -0.3 is 14.6 Å². The number of aromatic nitrogens is 4. The number of thioether (sulfide) groups is 1. The van der Waals surface area contributed by atoms with Gasteiger partial charge in [0, 0.05) is 23.8 Å². The third-order valence-corrected chi connectivity index (χ3v) is 10.1. The fraction of sp³-hybridized carbons (Fsp3) is 0.242. The second-order valence-electron chi connectivity index (χ2n) is 10.7. The first kappa shape index (κ1) is 31.1. The van der Waals surface area contributed by atoms with Gasteiger partial charge in [0.25, 0.3) is 0 Å². The van der Waals surface area contributed by atoms with E-state index in [4.69, 9.17) is 9.47 Å². The number of para-hydroxylation sites is 1. The molecule has 0 saturated carbocycles. The predicted molar refractivity (Wildman–Crippen MR) is 170 cm³/mol. The average molecular weight is 644 g/mol. The van der Waals surface area contributed by atoms with Gasteiger partial charge in [0.2, 0.25) is 15.2 Å². The Kier molecular flexibility index (Phi) is 9.69. The number of tetrazole rings is 1. The summed E-state index contributed by atoms with van der Waals surface area (Å²) in [6.45, 7) is 2.22. The SMILES string of the molecule is CC1C(CSc2nnnn2-c2ccccc2)OC(c2ccc(CNS(=O)(=O)c3ccccc3)cc2)OC1c1ccc(CO)cc1. The predicted octanol–water partition coefficient (Wildman–Crippen LogP) is 5.22. The highest BCUT2D eigenvalue weighted by Gasteiger charge is 2.38. The average Bonchev–Trinajstić information content (AvgIpc) is 3.57. The Morgan fingerprint density at radius 3 is 2.18 bits per heavy atom. The molecule has 45 heavy (non-hydrogen) atoms. The topological polar surface area (TPSA) is 128 Å². The summed E-state index contributed by atoms with van der Waals surface area (Å²) in [5.74, 6) is 0.570. The lowest BCUT2D eigenvalue weighted by atomic mass is 9.91. The Morgan fingerprint density at radius 1 is 0.844 bits per heavy atom. The fourth-order valence-corrected chi connectivity index (χ4v) is 7.21. The van der Waals surface area contributed by atoms with Gasteiger partial charge in [0.15, 0.2) is 6.29 Å². The summed E-state index contributed by atoms with van der Waals surface area (Å²) < 4.78 is 42.8. The van der Waals surface area contributed by atoms with Crippen LogP contribution >= 0.6 is 11.8 Å². The fourth-order valence-electron chi connectivity index (χ4n) is 5.12. The molecule has 0 radical (unpaired) electrons. The molecule has 4 aromatic carbocycles. The Bertz CT molecular complexity index is 1790. The van der Waals surface area contributed by atoms with Crippen LogP contribution in [0.1, 0.15) is 41.6 Å². The van der Waals surface area contributed by atoms with Crippen molar-refractivity contribution in [2.24, 2.45) is 5.92 Å². The minimum absolute atomic E-state index is 0.0125. The molecule has 0 bridgehead atoms. The molecule has 2 N–H and O–H groups in total. The van der Waals surface area contributed by atoms with Crippen LogP contribution in [0.4, 0.5) is 0 Å². The van der Waals surface area contributed by atoms with Crippen molar-refractivity contribution < 1.29 is 23.0 Å². The third kappa shape index (κ3) is 7.33. The first-order valence-corrected chi connectivity index (χ1v) is 17.0. The highest BCUT2D eigenvalue weighted by Crippen LogP contribution is 2.43. The zero-order valence-electron chi connectivity index (χ0n) is 24.5. The molecule has 0 amide bonds. The van der Waals surface area contributed by atoms with Crippen molar-refractivity contribution in [3.8, 4) is 5.69 Å². The molecule has 1 fully saturated rings. The minimum Gasteiger partial charge on any atom is -0.392 e. The van der Waals surface area contributed by atoms with E-state index >= 15 is 0 Å². The summed E-state index contributed by atoms with van der Waals surface area (Å²) in [7, 11) is -3.62. The lowest BCUT2D eigenvalue weighted by molar-refractivity contribution is -0.268. The molecule has 4 unspecified atom stereocenters. The van der Waals surface area contributed by atoms with E-state index in [9.17, 15) is 13.5 Å². The molecule has 1 aliphatic heterocycles. The molecule has 6 rings (SSSR count). The molecule has 5 aromatic rings. The maximum atomic E-state index is 12.7. The molecule has 1 aromatic heterocycles. The number of benzene rings is 4. The number of sulfonamides is 1. The molecule has 2 heterocycles. The van der Waals surface area contributed by atoms with Crippen molar-refractivity contribution >= 4 is 21.8 Å². The smallest absolute Gasteiger partial charge is 0.240 e. The van der Waals surface area contributed by atoms with Crippen LogP contribution in [0.3, 0.4) is 0 Å². The molecular formula is C33H33N5O5S2. The normalized spacial score (nSPS) is 20.2.